The Morgan fingerprint density at radius 1 is 1.12 bits per heavy atom. The first-order chi connectivity index (χ1) is 19.8. The number of hydrogen-bond donors (Lipinski definition) is 3. The van der Waals surface area contributed by atoms with Crippen LogP contribution in [0.3, 0.4) is 0 Å². The Labute approximate surface area is 236 Å². The van der Waals surface area contributed by atoms with Crippen LogP contribution in [0.5, 0.6) is 0 Å². The fourth-order valence-electron chi connectivity index (χ4n) is 5.05. The number of aromatic amines is 1. The van der Waals surface area contributed by atoms with Crippen molar-refractivity contribution in [3.05, 3.63) is 95.5 Å². The number of nitrogens with zero attached hydrogens (tertiary/aromatic N) is 3. The number of carbonyl (C=O) groups is 3. The molecule has 11 heteroatoms. The van der Waals surface area contributed by atoms with E-state index in [9.17, 15) is 18.8 Å². The number of benzene rings is 2. The van der Waals surface area contributed by atoms with Gasteiger partial charge in [-0.2, -0.15) is 0 Å². The number of H-pyrrole nitrogens is 1. The molecule has 3 atom stereocenters. The molecule has 3 heterocycles. The van der Waals surface area contributed by atoms with Crippen molar-refractivity contribution in [3.63, 3.8) is 0 Å². The van der Waals surface area contributed by atoms with Crippen LogP contribution >= 0.6 is 0 Å². The van der Waals surface area contributed by atoms with Crippen molar-refractivity contribution in [2.75, 3.05) is 6.54 Å². The van der Waals surface area contributed by atoms with Gasteiger partial charge in [-0.1, -0.05) is 47.6 Å². The molecule has 1 saturated heterocycles. The standard InChI is InChI=1S/C30H31FN6O4/c1-18-15-24(36-41-18)30(40)35-23(16-27(38)37-14-8-13-26(37)20-9-4-3-5-10-20)29(39)33-19(2)28-32-17-25(34-28)21-11-6-7-12-22(21)31/h3-7,9-12,15,17,19,23,26H,8,13-14,16H2,1-2H3,(H,32,34)(H,33,39)(H,35,40)/t19-,23?,26?/m0/s1. The van der Waals surface area contributed by atoms with Gasteiger partial charge in [-0.05, 0) is 44.4 Å². The van der Waals surface area contributed by atoms with E-state index in [1.165, 1.54) is 18.3 Å². The zero-order valence-electron chi connectivity index (χ0n) is 22.8. The molecule has 5 rings (SSSR count). The first-order valence-corrected chi connectivity index (χ1v) is 13.5. The summed E-state index contributed by atoms with van der Waals surface area (Å²) < 4.78 is 19.2. The molecule has 3 amide bonds. The van der Waals surface area contributed by atoms with E-state index >= 15 is 0 Å². The fourth-order valence-corrected chi connectivity index (χ4v) is 5.05. The Bertz CT molecular complexity index is 1530. The molecule has 0 radical (unpaired) electrons. The summed E-state index contributed by atoms with van der Waals surface area (Å²) in [7, 11) is 0. The number of aryl methyl sites for hydroxylation is 1. The van der Waals surface area contributed by atoms with E-state index in [2.05, 4.69) is 25.8 Å². The minimum Gasteiger partial charge on any atom is -0.361 e. The average molecular weight is 559 g/mol. The predicted octanol–water partition coefficient (Wildman–Crippen LogP) is 4.24. The number of carbonyl (C=O) groups excluding carboxylic acids is 3. The zero-order chi connectivity index (χ0) is 28.9. The van der Waals surface area contributed by atoms with Crippen LogP contribution in [0.4, 0.5) is 4.39 Å². The molecule has 1 aliphatic rings. The molecule has 1 aliphatic heterocycles. The molecule has 4 aromatic rings. The highest BCUT2D eigenvalue weighted by Gasteiger charge is 2.34. The Morgan fingerprint density at radius 3 is 2.61 bits per heavy atom. The lowest BCUT2D eigenvalue weighted by Gasteiger charge is -2.27. The number of rotatable bonds is 9. The Balaban J connectivity index is 1.32. The SMILES string of the molecule is Cc1cc(C(=O)NC(CC(=O)N2CCCC2c2ccccc2)C(=O)N[C@@H](C)c2ncc(-c3ccccc3F)[nH]2)no1. The first kappa shape index (κ1) is 27.8. The van der Waals surface area contributed by atoms with Crippen LogP contribution in [-0.4, -0.2) is 50.3 Å². The summed E-state index contributed by atoms with van der Waals surface area (Å²) in [4.78, 5) is 49.0. The second-order valence-electron chi connectivity index (χ2n) is 10.1. The van der Waals surface area contributed by atoms with Crippen molar-refractivity contribution < 1.29 is 23.3 Å². The van der Waals surface area contributed by atoms with E-state index < -0.39 is 29.7 Å². The van der Waals surface area contributed by atoms with Gasteiger partial charge in [-0.25, -0.2) is 9.37 Å². The molecule has 0 bridgehead atoms. The summed E-state index contributed by atoms with van der Waals surface area (Å²) in [5.41, 5.74) is 1.84. The number of amides is 3. The highest BCUT2D eigenvalue weighted by molar-refractivity contribution is 5.97. The maximum absolute atomic E-state index is 14.2. The van der Waals surface area contributed by atoms with E-state index in [-0.39, 0.29) is 24.1 Å². The summed E-state index contributed by atoms with van der Waals surface area (Å²) in [6.45, 7) is 3.91. The number of imidazole rings is 1. The first-order valence-electron chi connectivity index (χ1n) is 13.5. The summed E-state index contributed by atoms with van der Waals surface area (Å²) in [5.74, 6) is -1.03. The van der Waals surface area contributed by atoms with Gasteiger partial charge in [0.25, 0.3) is 5.91 Å². The lowest BCUT2D eigenvalue weighted by Crippen LogP contribution is -2.50. The normalized spacial score (nSPS) is 16.3. The van der Waals surface area contributed by atoms with Crippen molar-refractivity contribution in [3.8, 4) is 11.3 Å². The van der Waals surface area contributed by atoms with Gasteiger partial charge in [0.15, 0.2) is 5.69 Å². The van der Waals surface area contributed by atoms with Gasteiger partial charge in [0.2, 0.25) is 11.8 Å². The molecule has 2 aromatic heterocycles. The molecule has 2 aromatic carbocycles. The van der Waals surface area contributed by atoms with Crippen molar-refractivity contribution in [2.24, 2.45) is 0 Å². The molecule has 1 fully saturated rings. The van der Waals surface area contributed by atoms with Gasteiger partial charge in [0, 0.05) is 18.2 Å². The quantitative estimate of drug-likeness (QED) is 0.281. The highest BCUT2D eigenvalue weighted by Crippen LogP contribution is 2.32. The fraction of sp³-hybridized carbons (Fsp3) is 0.300. The Morgan fingerprint density at radius 2 is 1.88 bits per heavy atom. The van der Waals surface area contributed by atoms with Crippen LogP contribution in [0.15, 0.2) is 71.4 Å². The highest BCUT2D eigenvalue weighted by atomic mass is 19.1. The third-order valence-corrected chi connectivity index (χ3v) is 7.15. The van der Waals surface area contributed by atoms with Gasteiger partial charge in [0.05, 0.1) is 30.4 Å². The van der Waals surface area contributed by atoms with Crippen LogP contribution in [0, 0.1) is 12.7 Å². The molecular formula is C30H31FN6O4. The molecule has 0 saturated carbocycles. The number of halogens is 1. The van der Waals surface area contributed by atoms with Crippen LogP contribution < -0.4 is 10.6 Å². The third kappa shape index (κ3) is 6.34. The number of likely N-dealkylation sites (tertiary alicyclic amines) is 1. The minimum absolute atomic E-state index is 0.00435. The predicted molar refractivity (Wildman–Crippen MR) is 148 cm³/mol. The molecule has 0 aliphatic carbocycles. The topological polar surface area (TPSA) is 133 Å². The minimum atomic E-state index is -1.19. The summed E-state index contributed by atoms with van der Waals surface area (Å²) in [5, 5.41) is 9.19. The van der Waals surface area contributed by atoms with Gasteiger partial charge in [0.1, 0.15) is 23.4 Å². The maximum Gasteiger partial charge on any atom is 0.274 e. The lowest BCUT2D eigenvalue weighted by atomic mass is 10.0. The van der Waals surface area contributed by atoms with Gasteiger partial charge >= 0.3 is 0 Å². The number of aromatic nitrogens is 3. The summed E-state index contributed by atoms with van der Waals surface area (Å²) in [6, 6.07) is 15.6. The van der Waals surface area contributed by atoms with E-state index in [1.54, 1.807) is 36.9 Å². The Kier molecular flexibility index (Phi) is 8.23. The van der Waals surface area contributed by atoms with Crippen molar-refractivity contribution in [1.82, 2.24) is 30.7 Å². The monoisotopic (exact) mass is 558 g/mol. The maximum atomic E-state index is 14.2. The average Bonchev–Trinajstić information content (AvgIpc) is 3.74. The molecule has 3 N–H and O–H groups in total. The lowest BCUT2D eigenvalue weighted by molar-refractivity contribution is -0.135. The largest absolute Gasteiger partial charge is 0.361 e. The van der Waals surface area contributed by atoms with E-state index in [0.717, 1.165) is 18.4 Å². The van der Waals surface area contributed by atoms with Crippen molar-refractivity contribution >= 4 is 17.7 Å². The van der Waals surface area contributed by atoms with E-state index in [0.29, 0.717) is 29.4 Å². The van der Waals surface area contributed by atoms with Gasteiger partial charge < -0.3 is 25.0 Å². The van der Waals surface area contributed by atoms with Gasteiger partial charge in [-0.3, -0.25) is 14.4 Å². The zero-order valence-corrected chi connectivity index (χ0v) is 22.8. The van der Waals surface area contributed by atoms with Crippen molar-refractivity contribution in [1.29, 1.82) is 0 Å². The smallest absolute Gasteiger partial charge is 0.274 e. The molecular weight excluding hydrogens is 527 g/mol. The second kappa shape index (κ2) is 12.2. The van der Waals surface area contributed by atoms with Crippen LogP contribution in [0.25, 0.3) is 11.3 Å². The molecule has 2 unspecified atom stereocenters. The second-order valence-corrected chi connectivity index (χ2v) is 10.1. The summed E-state index contributed by atoms with van der Waals surface area (Å²) in [6.07, 6.45) is 2.90. The molecule has 0 spiro atoms. The van der Waals surface area contributed by atoms with E-state index in [1.807, 2.05) is 30.3 Å². The third-order valence-electron chi connectivity index (χ3n) is 7.15. The van der Waals surface area contributed by atoms with Crippen LogP contribution in [-0.2, 0) is 9.59 Å². The number of nitrogens with one attached hydrogen (secondary N) is 3. The summed E-state index contributed by atoms with van der Waals surface area (Å²) >= 11 is 0. The van der Waals surface area contributed by atoms with Crippen LogP contribution in [0.2, 0.25) is 0 Å². The van der Waals surface area contributed by atoms with Crippen LogP contribution in [0.1, 0.15) is 65.9 Å². The van der Waals surface area contributed by atoms with Gasteiger partial charge in [-0.15, -0.1) is 0 Å². The molecule has 10 nitrogen and oxygen atoms in total. The molecule has 41 heavy (non-hydrogen) atoms. The molecule has 212 valence electrons. The van der Waals surface area contributed by atoms with E-state index in [4.69, 9.17) is 4.52 Å². The Hall–Kier alpha value is -4.80. The van der Waals surface area contributed by atoms with Crippen molar-refractivity contribution in [2.45, 2.75) is 51.2 Å². The number of hydrogen-bond acceptors (Lipinski definition) is 6.